The Hall–Kier alpha value is -0.180. The minimum atomic E-state index is 0.366. The molecule has 0 aliphatic heterocycles. The molecule has 35 heavy (non-hydrogen) atoms. The van der Waals surface area contributed by atoms with Crippen molar-refractivity contribution in [1.82, 2.24) is 0 Å². The topological polar surface area (TPSA) is 0 Å². The predicted molar refractivity (Wildman–Crippen MR) is 169 cm³/mol. The largest absolute Gasteiger partial charge is 0.107 e. The Morgan fingerprint density at radius 1 is 0.571 bits per heavy atom. The predicted octanol–water partition coefficient (Wildman–Crippen LogP) is 12.8. The molecule has 0 aliphatic carbocycles. The summed E-state index contributed by atoms with van der Waals surface area (Å²) in [5.74, 6) is 1.92. The highest BCUT2D eigenvalue weighted by atomic mass is 31.1. The van der Waals surface area contributed by atoms with Crippen LogP contribution in [-0.2, 0) is 6.16 Å². The van der Waals surface area contributed by atoms with Gasteiger partial charge in [-0.2, -0.15) is 0 Å². The normalized spacial score (nSPS) is 11.2. The zero-order valence-corrected chi connectivity index (χ0v) is 25.9. The van der Waals surface area contributed by atoms with Gasteiger partial charge in [0.1, 0.15) is 0 Å². The Kier molecular flexibility index (Phi) is 29.9. The van der Waals surface area contributed by atoms with E-state index in [4.69, 9.17) is 0 Å². The first-order valence-electron chi connectivity index (χ1n) is 15.3. The summed E-state index contributed by atoms with van der Waals surface area (Å²) in [5.41, 5.74) is 1.38. The van der Waals surface area contributed by atoms with Crippen molar-refractivity contribution in [2.45, 2.75) is 143 Å². The highest BCUT2D eigenvalue weighted by Crippen LogP contribution is 2.39. The van der Waals surface area contributed by atoms with Crippen molar-refractivity contribution in [3.8, 4) is 0 Å². The lowest BCUT2D eigenvalue weighted by molar-refractivity contribution is 0.617. The van der Waals surface area contributed by atoms with Gasteiger partial charge in [0.2, 0.25) is 0 Å². The molecular formula is C33H61P2. The Balaban J connectivity index is 0.000000952. The van der Waals surface area contributed by atoms with Crippen LogP contribution in [0.25, 0.3) is 0 Å². The van der Waals surface area contributed by atoms with Crippen LogP contribution in [0.2, 0.25) is 0 Å². The molecule has 203 valence electrons. The maximum atomic E-state index is 3.66. The molecule has 0 heterocycles. The average molecular weight is 520 g/mol. The van der Waals surface area contributed by atoms with Gasteiger partial charge in [-0.1, -0.05) is 160 Å². The summed E-state index contributed by atoms with van der Waals surface area (Å²) in [6.45, 7) is 10.6. The highest BCUT2D eigenvalue weighted by molar-refractivity contribution is 7.57. The van der Waals surface area contributed by atoms with Crippen LogP contribution in [-0.4, -0.2) is 18.5 Å². The molecule has 1 radical (unpaired) electrons. The van der Waals surface area contributed by atoms with Crippen molar-refractivity contribution in [3.63, 3.8) is 0 Å². The quantitative estimate of drug-likeness (QED) is 0.0941. The van der Waals surface area contributed by atoms with Gasteiger partial charge in [-0.3, -0.25) is 0 Å². The molecule has 0 bridgehead atoms. The smallest absolute Gasteiger partial charge is 0.000310 e. The lowest BCUT2D eigenvalue weighted by atomic mass is 10.1. The zero-order valence-electron chi connectivity index (χ0n) is 24.1. The van der Waals surface area contributed by atoms with Crippen molar-refractivity contribution < 1.29 is 0 Å². The van der Waals surface area contributed by atoms with E-state index in [9.17, 15) is 0 Å². The van der Waals surface area contributed by atoms with Gasteiger partial charge in [-0.15, -0.1) is 7.92 Å². The van der Waals surface area contributed by atoms with Crippen molar-refractivity contribution in [2.75, 3.05) is 18.5 Å². The van der Waals surface area contributed by atoms with E-state index in [1.165, 1.54) is 130 Å². The fourth-order valence-electron chi connectivity index (χ4n) is 4.44. The third-order valence-electron chi connectivity index (χ3n) is 6.73. The van der Waals surface area contributed by atoms with E-state index in [2.05, 4.69) is 51.6 Å². The van der Waals surface area contributed by atoms with Crippen LogP contribution in [0.15, 0.2) is 42.7 Å². The molecule has 0 aliphatic rings. The second kappa shape index (κ2) is 30.0. The van der Waals surface area contributed by atoms with Crippen LogP contribution in [0.4, 0.5) is 0 Å². The number of hydrogen-bond donors (Lipinski definition) is 0. The monoisotopic (exact) mass is 519 g/mol. The second-order valence-corrected chi connectivity index (χ2v) is 13.9. The highest BCUT2D eigenvalue weighted by Gasteiger charge is 2.07. The van der Waals surface area contributed by atoms with E-state index in [-0.39, 0.29) is 0 Å². The van der Waals surface area contributed by atoms with Gasteiger partial charge in [0, 0.05) is 6.16 Å². The molecule has 0 aromatic heterocycles. The maximum Gasteiger partial charge on any atom is 0.000310 e. The average Bonchev–Trinajstić information content (AvgIpc) is 2.89. The lowest BCUT2D eigenvalue weighted by Crippen LogP contribution is -1.97. The van der Waals surface area contributed by atoms with Gasteiger partial charge in [-0.05, 0) is 51.9 Å². The summed E-state index contributed by atoms with van der Waals surface area (Å²) in [6, 6.07) is 10.4. The van der Waals surface area contributed by atoms with Crippen LogP contribution in [0.3, 0.4) is 0 Å². The molecule has 0 fully saturated rings. The van der Waals surface area contributed by atoms with E-state index >= 15 is 0 Å². The molecule has 0 atom stereocenters. The van der Waals surface area contributed by atoms with Crippen LogP contribution < -0.4 is 0 Å². The van der Waals surface area contributed by atoms with E-state index in [1.807, 2.05) is 11.9 Å². The molecule has 1 rings (SSSR count). The number of hydrogen-bond acceptors (Lipinski definition) is 0. The van der Waals surface area contributed by atoms with Gasteiger partial charge in [0.15, 0.2) is 0 Å². The third-order valence-corrected chi connectivity index (χ3v) is 10.4. The van der Waals surface area contributed by atoms with E-state index in [0.717, 1.165) is 6.16 Å². The molecule has 0 spiro atoms. The molecule has 0 amide bonds. The number of rotatable bonds is 24. The molecule has 1 aromatic carbocycles. The SMILES string of the molecule is C=C[P]Cc1ccccc1.CCCCCCCCP(CCCCCCCC)CCCCCCCC. The standard InChI is InChI=1S/C24H51P.C9H10P/c1-4-7-10-13-16-19-22-25(23-20-17-14-11-8-5-2)24-21-18-15-12-9-6-3;1-2-10-8-9-6-4-3-5-7-9/h4-24H2,1-3H3;2-7H,1,8H2. The van der Waals surface area contributed by atoms with Crippen LogP contribution in [0.1, 0.15) is 142 Å². The molecule has 0 saturated carbocycles. The van der Waals surface area contributed by atoms with E-state index in [0.29, 0.717) is 7.92 Å². The minimum Gasteiger partial charge on any atom is -0.107 e. The summed E-state index contributed by atoms with van der Waals surface area (Å²) in [5, 5.41) is 0. The number of benzene rings is 1. The summed E-state index contributed by atoms with van der Waals surface area (Å²) in [7, 11) is 1.66. The van der Waals surface area contributed by atoms with Gasteiger partial charge in [0.25, 0.3) is 0 Å². The molecule has 0 saturated heterocycles. The van der Waals surface area contributed by atoms with E-state index < -0.39 is 0 Å². The third kappa shape index (κ3) is 26.7. The van der Waals surface area contributed by atoms with Crippen molar-refractivity contribution in [3.05, 3.63) is 48.3 Å². The zero-order chi connectivity index (χ0) is 25.7. The Morgan fingerprint density at radius 2 is 0.943 bits per heavy atom. The second-order valence-electron chi connectivity index (χ2n) is 10.2. The first-order chi connectivity index (χ1) is 17.3. The summed E-state index contributed by atoms with van der Waals surface area (Å²) >= 11 is 0. The molecular weight excluding hydrogens is 458 g/mol. The molecule has 1 aromatic rings. The van der Waals surface area contributed by atoms with Crippen LogP contribution in [0, 0.1) is 0 Å². The molecule has 0 unspecified atom stereocenters. The van der Waals surface area contributed by atoms with Crippen molar-refractivity contribution in [1.29, 1.82) is 0 Å². The summed E-state index contributed by atoms with van der Waals surface area (Å²) < 4.78 is 0. The fraction of sp³-hybridized carbons (Fsp3) is 0.758. The molecule has 2 heteroatoms. The number of unbranched alkanes of at least 4 members (excludes halogenated alkanes) is 15. The Morgan fingerprint density at radius 3 is 1.31 bits per heavy atom. The molecule has 0 N–H and O–H groups in total. The summed E-state index contributed by atoms with van der Waals surface area (Å²) in [6.07, 6.45) is 32.3. The molecule has 0 nitrogen and oxygen atoms in total. The van der Waals surface area contributed by atoms with Crippen LogP contribution >= 0.6 is 16.5 Å². The fourth-order valence-corrected chi connectivity index (χ4v) is 7.67. The first-order valence-corrected chi connectivity index (χ1v) is 18.4. The Labute approximate surface area is 225 Å². The van der Waals surface area contributed by atoms with Gasteiger partial charge < -0.3 is 0 Å². The van der Waals surface area contributed by atoms with Crippen LogP contribution in [0.5, 0.6) is 0 Å². The van der Waals surface area contributed by atoms with Crippen molar-refractivity contribution in [2.24, 2.45) is 0 Å². The minimum absolute atomic E-state index is 0.366. The van der Waals surface area contributed by atoms with E-state index in [1.54, 1.807) is 18.5 Å². The van der Waals surface area contributed by atoms with Gasteiger partial charge in [-0.25, -0.2) is 0 Å². The van der Waals surface area contributed by atoms with Crippen molar-refractivity contribution >= 4 is 16.5 Å². The Bertz CT molecular complexity index is 475. The van der Waals surface area contributed by atoms with Gasteiger partial charge >= 0.3 is 0 Å². The summed E-state index contributed by atoms with van der Waals surface area (Å²) in [4.78, 5) is 0. The maximum absolute atomic E-state index is 3.66. The lowest BCUT2D eigenvalue weighted by Gasteiger charge is -2.18. The first kappa shape index (κ1) is 34.8. The van der Waals surface area contributed by atoms with Gasteiger partial charge in [0.05, 0.1) is 0 Å².